The summed E-state index contributed by atoms with van der Waals surface area (Å²) in [6, 6.07) is 23.1. The largest absolute Gasteiger partial charge is 0.444 e. The molecule has 1 aliphatic rings. The maximum Gasteiger partial charge on any atom is 0.407 e. The van der Waals surface area contributed by atoms with Crippen molar-refractivity contribution in [1.82, 2.24) is 19.8 Å². The number of nitrogens with one attached hydrogen (secondary N) is 2. The number of benzene rings is 3. The van der Waals surface area contributed by atoms with Crippen LogP contribution in [-0.2, 0) is 32.0 Å². The molecule has 0 saturated carbocycles. The van der Waals surface area contributed by atoms with Crippen LogP contribution in [0.4, 0.5) is 10.5 Å². The summed E-state index contributed by atoms with van der Waals surface area (Å²) in [4.78, 5) is 46.0. The number of hydrogen-bond acceptors (Lipinski definition) is 7. The Morgan fingerprint density at radius 1 is 0.962 bits per heavy atom. The minimum atomic E-state index is -1.48. The van der Waals surface area contributed by atoms with Gasteiger partial charge in [-0.15, -0.1) is 0 Å². The number of hydrogen-bond donors (Lipinski definition) is 3. The SMILES string of the molecule is COCCCn1c(C2CCCN(C(=O)CC(Cc3ccc(-c4ccc(NC(=O)C(C)(C)O)cc4)cc3)NC(=O)OC(C)(C)C)C2)nc2ccccc21. The monoisotopic (exact) mass is 711 g/mol. The molecule has 1 fully saturated rings. The molecule has 2 unspecified atom stereocenters. The van der Waals surface area contributed by atoms with Crippen LogP contribution in [0.15, 0.2) is 72.8 Å². The van der Waals surface area contributed by atoms with Crippen molar-refractivity contribution in [3.05, 3.63) is 84.2 Å². The summed E-state index contributed by atoms with van der Waals surface area (Å²) in [5.74, 6) is 0.615. The Labute approximate surface area is 306 Å². The van der Waals surface area contributed by atoms with Crippen LogP contribution in [0.25, 0.3) is 22.2 Å². The Balaban J connectivity index is 1.28. The second-order valence-electron chi connectivity index (χ2n) is 15.2. The number of ether oxygens (including phenoxy) is 2. The van der Waals surface area contributed by atoms with E-state index in [0.717, 1.165) is 59.4 Å². The Bertz CT molecular complexity index is 1820. The highest BCUT2D eigenvalue weighted by molar-refractivity contribution is 5.96. The molecule has 0 spiro atoms. The number of carbonyl (C=O) groups excluding carboxylic acids is 3. The van der Waals surface area contributed by atoms with Gasteiger partial charge >= 0.3 is 6.09 Å². The summed E-state index contributed by atoms with van der Waals surface area (Å²) in [5.41, 5.74) is 3.39. The third-order valence-electron chi connectivity index (χ3n) is 9.16. The van der Waals surface area contributed by atoms with E-state index in [0.29, 0.717) is 31.8 Å². The fourth-order valence-corrected chi connectivity index (χ4v) is 6.56. The molecular weight excluding hydrogens is 658 g/mol. The number of aliphatic hydroxyl groups is 1. The fraction of sp³-hybridized carbons (Fsp3) is 0.463. The molecule has 0 aliphatic carbocycles. The van der Waals surface area contributed by atoms with Gasteiger partial charge < -0.3 is 34.7 Å². The van der Waals surface area contributed by atoms with Gasteiger partial charge in [-0.3, -0.25) is 9.59 Å². The van der Waals surface area contributed by atoms with E-state index in [4.69, 9.17) is 14.5 Å². The molecule has 0 bridgehead atoms. The third kappa shape index (κ3) is 10.4. The van der Waals surface area contributed by atoms with E-state index in [2.05, 4.69) is 21.3 Å². The van der Waals surface area contributed by atoms with E-state index < -0.39 is 29.2 Å². The molecule has 11 heteroatoms. The molecule has 2 heterocycles. The molecule has 0 radical (unpaired) electrons. The number of fused-ring (bicyclic) bond motifs is 1. The second kappa shape index (κ2) is 16.7. The van der Waals surface area contributed by atoms with Gasteiger partial charge in [0, 0.05) is 57.4 Å². The Morgan fingerprint density at radius 2 is 1.63 bits per heavy atom. The molecule has 11 nitrogen and oxygen atoms in total. The molecule has 5 rings (SSSR count). The zero-order chi connectivity index (χ0) is 37.5. The van der Waals surface area contributed by atoms with Crippen LogP contribution in [0.2, 0.25) is 0 Å². The van der Waals surface area contributed by atoms with E-state index in [1.807, 2.05) is 80.3 Å². The van der Waals surface area contributed by atoms with Gasteiger partial charge in [-0.25, -0.2) is 9.78 Å². The van der Waals surface area contributed by atoms with Crippen LogP contribution in [-0.4, -0.2) is 81.5 Å². The average molecular weight is 712 g/mol. The number of alkyl carbamates (subject to hydrolysis) is 1. The zero-order valence-electron chi connectivity index (χ0n) is 31.3. The van der Waals surface area contributed by atoms with E-state index >= 15 is 0 Å². The van der Waals surface area contributed by atoms with Crippen molar-refractivity contribution in [1.29, 1.82) is 0 Å². The minimum absolute atomic E-state index is 0.0128. The highest BCUT2D eigenvalue weighted by atomic mass is 16.6. The number of anilines is 1. The van der Waals surface area contributed by atoms with E-state index in [1.54, 1.807) is 19.2 Å². The zero-order valence-corrected chi connectivity index (χ0v) is 31.3. The van der Waals surface area contributed by atoms with Gasteiger partial charge in [-0.1, -0.05) is 48.5 Å². The highest BCUT2D eigenvalue weighted by Crippen LogP contribution is 2.30. The lowest BCUT2D eigenvalue weighted by Crippen LogP contribution is -2.46. The first-order chi connectivity index (χ1) is 24.7. The van der Waals surface area contributed by atoms with Crippen LogP contribution in [0.1, 0.15) is 77.6 Å². The van der Waals surface area contributed by atoms with Crippen LogP contribution >= 0.6 is 0 Å². The number of aryl methyl sites for hydroxylation is 1. The summed E-state index contributed by atoms with van der Waals surface area (Å²) in [7, 11) is 1.71. The number of nitrogens with zero attached hydrogens (tertiary/aromatic N) is 3. The summed E-state index contributed by atoms with van der Waals surface area (Å²) >= 11 is 0. The Kier molecular flexibility index (Phi) is 12.4. The number of aromatic nitrogens is 2. The molecule has 3 N–H and O–H groups in total. The molecule has 1 saturated heterocycles. The number of rotatable bonds is 13. The van der Waals surface area contributed by atoms with Crippen LogP contribution in [0.3, 0.4) is 0 Å². The first-order valence-corrected chi connectivity index (χ1v) is 18.1. The molecule has 2 atom stereocenters. The van der Waals surface area contributed by atoms with E-state index in [-0.39, 0.29) is 18.2 Å². The number of imidazole rings is 1. The van der Waals surface area contributed by atoms with Crippen LogP contribution in [0.5, 0.6) is 0 Å². The standard InChI is InChI=1S/C41H53N5O6/c1-40(2,3)52-39(49)43-33(25-28-14-16-29(17-15-28)30-18-20-32(21-19-30)42-38(48)41(4,5)50)26-36(47)45-22-9-11-31(27-45)37-44-34-12-7-8-13-35(34)46(37)23-10-24-51-6/h7-8,12-21,31,33,50H,9-11,22-27H2,1-6H3,(H,42,48)(H,43,49). The van der Waals surface area contributed by atoms with Crippen molar-refractivity contribution >= 4 is 34.6 Å². The van der Waals surface area contributed by atoms with Gasteiger partial charge in [0.15, 0.2) is 0 Å². The number of methoxy groups -OCH3 is 1. The van der Waals surface area contributed by atoms with Crippen molar-refractivity contribution in [2.45, 2.75) is 96.4 Å². The van der Waals surface area contributed by atoms with Crippen molar-refractivity contribution < 1.29 is 29.0 Å². The maximum absolute atomic E-state index is 13.9. The Hall–Kier alpha value is -4.74. The quantitative estimate of drug-likeness (QED) is 0.132. The van der Waals surface area contributed by atoms with Crippen LogP contribution in [0, 0.1) is 0 Å². The van der Waals surface area contributed by atoms with Crippen LogP contribution < -0.4 is 10.6 Å². The summed E-state index contributed by atoms with van der Waals surface area (Å²) in [6.45, 7) is 11.0. The van der Waals surface area contributed by atoms with Crippen molar-refractivity contribution in [2.75, 3.05) is 32.1 Å². The fourth-order valence-electron chi connectivity index (χ4n) is 6.56. The molecule has 3 aromatic carbocycles. The number of para-hydroxylation sites is 2. The first kappa shape index (κ1) is 38.5. The van der Waals surface area contributed by atoms with E-state index in [1.165, 1.54) is 13.8 Å². The smallest absolute Gasteiger partial charge is 0.407 e. The van der Waals surface area contributed by atoms with Gasteiger partial charge in [0.25, 0.3) is 5.91 Å². The third-order valence-corrected chi connectivity index (χ3v) is 9.16. The Morgan fingerprint density at radius 3 is 2.29 bits per heavy atom. The molecule has 3 amide bonds. The topological polar surface area (TPSA) is 135 Å². The number of amides is 3. The molecule has 278 valence electrons. The van der Waals surface area contributed by atoms with Crippen molar-refractivity contribution in [3.63, 3.8) is 0 Å². The molecule has 52 heavy (non-hydrogen) atoms. The molecule has 4 aromatic rings. The van der Waals surface area contributed by atoms with Crippen molar-refractivity contribution in [3.8, 4) is 11.1 Å². The maximum atomic E-state index is 13.9. The van der Waals surface area contributed by atoms with Crippen molar-refractivity contribution in [2.24, 2.45) is 0 Å². The van der Waals surface area contributed by atoms with Gasteiger partial charge in [0.2, 0.25) is 5.91 Å². The highest BCUT2D eigenvalue weighted by Gasteiger charge is 2.31. The number of likely N-dealkylation sites (tertiary alicyclic amines) is 1. The van der Waals surface area contributed by atoms with Gasteiger partial charge in [-0.2, -0.15) is 0 Å². The normalized spacial score (nSPS) is 15.7. The molecular formula is C41H53N5O6. The summed E-state index contributed by atoms with van der Waals surface area (Å²) in [6.07, 6.45) is 2.71. The summed E-state index contributed by atoms with van der Waals surface area (Å²) in [5, 5.41) is 15.6. The van der Waals surface area contributed by atoms with Gasteiger partial charge in [0.05, 0.1) is 11.0 Å². The van der Waals surface area contributed by atoms with E-state index in [9.17, 15) is 19.5 Å². The number of piperidine rings is 1. The first-order valence-electron chi connectivity index (χ1n) is 18.1. The lowest BCUT2D eigenvalue weighted by atomic mass is 9.95. The van der Waals surface area contributed by atoms with Gasteiger partial charge in [-0.05, 0) is 101 Å². The lowest BCUT2D eigenvalue weighted by molar-refractivity contribution is -0.133. The molecule has 1 aromatic heterocycles. The predicted molar refractivity (Wildman–Crippen MR) is 203 cm³/mol. The molecule has 1 aliphatic heterocycles. The predicted octanol–water partition coefficient (Wildman–Crippen LogP) is 6.68. The summed E-state index contributed by atoms with van der Waals surface area (Å²) < 4.78 is 13.2. The lowest BCUT2D eigenvalue weighted by Gasteiger charge is -2.34. The van der Waals surface area contributed by atoms with Gasteiger partial charge in [0.1, 0.15) is 17.0 Å². The number of carbonyl (C=O) groups is 3. The second-order valence-corrected chi connectivity index (χ2v) is 15.2. The minimum Gasteiger partial charge on any atom is -0.444 e. The average Bonchev–Trinajstić information content (AvgIpc) is 3.46.